The number of hydrogen-bond acceptors (Lipinski definition) is 4. The maximum Gasteiger partial charge on any atom is 0.495 e. The van der Waals surface area contributed by atoms with Gasteiger partial charge in [-0.1, -0.05) is 0 Å². The highest BCUT2D eigenvalue weighted by atomic mass is 16.5. The van der Waals surface area contributed by atoms with Gasteiger partial charge in [-0.3, -0.25) is 0 Å². The van der Waals surface area contributed by atoms with Crippen molar-refractivity contribution in [2.24, 2.45) is 0 Å². The minimum Gasteiger partial charge on any atom is -0.470 e. The monoisotopic (exact) mass is 226 g/mol. The lowest BCUT2D eigenvalue weighted by atomic mass is 9.76. The number of aliphatic hydroxyl groups is 1. The zero-order chi connectivity index (χ0) is 12.6. The Kier molecular flexibility index (Phi) is 3.52. The summed E-state index contributed by atoms with van der Waals surface area (Å²) in [4.78, 5) is 0. The first kappa shape index (κ1) is 13.3. The Bertz CT molecular complexity index is 351. The zero-order valence-corrected chi connectivity index (χ0v) is 10.4. The summed E-state index contributed by atoms with van der Waals surface area (Å²) < 4.78 is 10.6. The molecule has 1 aromatic heterocycles. The summed E-state index contributed by atoms with van der Waals surface area (Å²) in [6.07, 6.45) is 1.49. The van der Waals surface area contributed by atoms with E-state index in [4.69, 9.17) is 9.07 Å². The van der Waals surface area contributed by atoms with E-state index in [2.05, 4.69) is 0 Å². The van der Waals surface area contributed by atoms with Crippen molar-refractivity contribution in [2.75, 3.05) is 0 Å². The predicted molar refractivity (Wildman–Crippen MR) is 62.5 cm³/mol. The van der Waals surface area contributed by atoms with E-state index in [9.17, 15) is 10.1 Å². The Morgan fingerprint density at radius 1 is 1.31 bits per heavy atom. The van der Waals surface area contributed by atoms with Gasteiger partial charge in [0.1, 0.15) is 5.76 Å². The first-order valence-corrected chi connectivity index (χ1v) is 5.27. The summed E-state index contributed by atoms with van der Waals surface area (Å²) >= 11 is 0. The molecule has 0 spiro atoms. The second-order valence-electron chi connectivity index (χ2n) is 4.97. The van der Waals surface area contributed by atoms with E-state index in [1.54, 1.807) is 40.7 Å². The van der Waals surface area contributed by atoms with E-state index >= 15 is 0 Å². The fraction of sp³-hybridized carbons (Fsp3) is 0.636. The van der Waals surface area contributed by atoms with Crippen LogP contribution in [0.25, 0.3) is 0 Å². The molecule has 1 heterocycles. The number of hydrogen-bond donors (Lipinski definition) is 2. The molecule has 0 saturated heterocycles. The van der Waals surface area contributed by atoms with Crippen molar-refractivity contribution in [1.29, 1.82) is 0 Å². The van der Waals surface area contributed by atoms with Crippen LogP contribution in [-0.4, -0.2) is 28.5 Å². The Morgan fingerprint density at radius 2 is 1.88 bits per heavy atom. The molecule has 0 amide bonds. The fourth-order valence-corrected chi connectivity index (χ4v) is 1.14. The summed E-state index contributed by atoms with van der Waals surface area (Å²) in [5.74, 6) is 0.610. The van der Waals surface area contributed by atoms with Crippen molar-refractivity contribution in [3.05, 3.63) is 18.1 Å². The van der Waals surface area contributed by atoms with Gasteiger partial charge in [0.05, 0.1) is 17.5 Å². The van der Waals surface area contributed by atoms with Gasteiger partial charge in [0, 0.05) is 5.46 Å². The van der Waals surface area contributed by atoms with Crippen LogP contribution in [0.3, 0.4) is 0 Å². The molecule has 1 aromatic rings. The highest BCUT2D eigenvalue weighted by Crippen LogP contribution is 2.25. The lowest BCUT2D eigenvalue weighted by Gasteiger charge is -2.38. The van der Waals surface area contributed by atoms with Gasteiger partial charge in [-0.15, -0.1) is 0 Å². The molecule has 2 N–H and O–H groups in total. The lowest BCUT2D eigenvalue weighted by molar-refractivity contribution is -0.0982. The average Bonchev–Trinajstić information content (AvgIpc) is 2.48. The quantitative estimate of drug-likeness (QED) is 0.747. The van der Waals surface area contributed by atoms with Gasteiger partial charge in [-0.2, -0.15) is 0 Å². The summed E-state index contributed by atoms with van der Waals surface area (Å²) in [6.45, 7) is 8.49. The van der Waals surface area contributed by atoms with Gasteiger partial charge in [0.2, 0.25) is 0 Å². The van der Waals surface area contributed by atoms with E-state index in [0.29, 0.717) is 11.2 Å². The molecule has 0 saturated carbocycles. The van der Waals surface area contributed by atoms with Crippen molar-refractivity contribution in [2.45, 2.75) is 45.8 Å². The normalized spacial score (nSPS) is 12.9. The average molecular weight is 226 g/mol. The van der Waals surface area contributed by atoms with Crippen LogP contribution in [0.4, 0.5) is 0 Å². The summed E-state index contributed by atoms with van der Waals surface area (Å²) in [6, 6.07) is 1.65. The molecule has 0 aliphatic rings. The summed E-state index contributed by atoms with van der Waals surface area (Å²) in [7, 11) is -1.10. The van der Waals surface area contributed by atoms with Gasteiger partial charge in [0.25, 0.3) is 0 Å². The van der Waals surface area contributed by atoms with E-state index < -0.39 is 18.3 Å². The largest absolute Gasteiger partial charge is 0.495 e. The summed E-state index contributed by atoms with van der Waals surface area (Å²) in [5, 5.41) is 19.8. The van der Waals surface area contributed by atoms with Gasteiger partial charge in [-0.05, 0) is 40.7 Å². The van der Waals surface area contributed by atoms with E-state index in [1.165, 1.54) is 6.26 Å². The van der Waals surface area contributed by atoms with E-state index in [1.807, 2.05) is 0 Å². The van der Waals surface area contributed by atoms with Crippen molar-refractivity contribution in [3.8, 4) is 0 Å². The highest BCUT2D eigenvalue weighted by Gasteiger charge is 2.40. The molecule has 0 aromatic carbocycles. The molecule has 0 aliphatic carbocycles. The molecule has 0 radical (unpaired) electrons. The molecule has 4 nitrogen and oxygen atoms in total. The van der Waals surface area contributed by atoms with Crippen LogP contribution >= 0.6 is 0 Å². The van der Waals surface area contributed by atoms with Crippen LogP contribution in [0.2, 0.25) is 0 Å². The van der Waals surface area contributed by atoms with Gasteiger partial charge in [-0.25, -0.2) is 0 Å². The van der Waals surface area contributed by atoms with Crippen LogP contribution in [-0.2, 0) is 4.65 Å². The molecule has 90 valence electrons. The molecule has 5 heteroatoms. The second-order valence-corrected chi connectivity index (χ2v) is 4.97. The van der Waals surface area contributed by atoms with Crippen LogP contribution in [0.15, 0.2) is 16.7 Å². The van der Waals surface area contributed by atoms with Gasteiger partial charge >= 0.3 is 7.12 Å². The number of rotatable bonds is 4. The third-order valence-corrected chi connectivity index (χ3v) is 3.04. The van der Waals surface area contributed by atoms with Crippen molar-refractivity contribution in [3.63, 3.8) is 0 Å². The molecule has 0 bridgehead atoms. The lowest BCUT2D eigenvalue weighted by Crippen LogP contribution is -2.53. The zero-order valence-electron chi connectivity index (χ0n) is 10.4. The van der Waals surface area contributed by atoms with Crippen molar-refractivity contribution >= 4 is 12.6 Å². The molecule has 16 heavy (non-hydrogen) atoms. The molecule has 0 aliphatic heterocycles. The van der Waals surface area contributed by atoms with E-state index in [0.717, 1.165) is 0 Å². The SMILES string of the molecule is Cc1occc1B(O)OC(C)(C)C(C)(C)O. The maximum absolute atomic E-state index is 9.90. The third-order valence-electron chi connectivity index (χ3n) is 3.04. The first-order chi connectivity index (χ1) is 7.15. The molecule has 1 rings (SSSR count). The molecule has 0 unspecified atom stereocenters. The van der Waals surface area contributed by atoms with Gasteiger partial charge in [0.15, 0.2) is 0 Å². The summed E-state index contributed by atoms with van der Waals surface area (Å²) in [5.41, 5.74) is -1.33. The predicted octanol–water partition coefficient (Wildman–Crippen LogP) is 0.842. The molecule has 0 fully saturated rings. The molecular weight excluding hydrogens is 207 g/mol. The van der Waals surface area contributed by atoms with Crippen LogP contribution in [0.1, 0.15) is 33.5 Å². The van der Waals surface area contributed by atoms with E-state index in [-0.39, 0.29) is 0 Å². The first-order valence-electron chi connectivity index (χ1n) is 5.27. The molecule has 0 atom stereocenters. The highest BCUT2D eigenvalue weighted by molar-refractivity contribution is 6.60. The van der Waals surface area contributed by atoms with Gasteiger partial charge < -0.3 is 19.2 Å². The number of furan rings is 1. The smallest absolute Gasteiger partial charge is 0.470 e. The maximum atomic E-state index is 9.90. The minimum atomic E-state index is -1.10. The van der Waals surface area contributed by atoms with Crippen LogP contribution < -0.4 is 5.46 Å². The van der Waals surface area contributed by atoms with Crippen LogP contribution in [0.5, 0.6) is 0 Å². The van der Waals surface area contributed by atoms with Crippen molar-refractivity contribution in [1.82, 2.24) is 0 Å². The Morgan fingerprint density at radius 3 is 2.25 bits per heavy atom. The Balaban J connectivity index is 2.80. The topological polar surface area (TPSA) is 62.8 Å². The standard InChI is InChI=1S/C11H19BO4/c1-8-9(6-7-15-8)12(14)16-11(4,5)10(2,3)13/h6-7,13-14H,1-5H3. The number of aryl methyl sites for hydroxylation is 1. The fourth-order valence-electron chi connectivity index (χ4n) is 1.14. The van der Waals surface area contributed by atoms with Crippen molar-refractivity contribution < 1.29 is 19.2 Å². The third kappa shape index (κ3) is 2.67. The molecular formula is C11H19BO4. The Hall–Kier alpha value is -0.775. The second kappa shape index (κ2) is 4.24. The minimum absolute atomic E-state index is 0.581. The Labute approximate surface area is 96.4 Å². The van der Waals surface area contributed by atoms with Crippen LogP contribution in [0, 0.1) is 6.92 Å².